The van der Waals surface area contributed by atoms with E-state index in [1.165, 1.54) is 25.3 Å². The quantitative estimate of drug-likeness (QED) is 0.898. The summed E-state index contributed by atoms with van der Waals surface area (Å²) in [6.07, 6.45) is 3.71. The van der Waals surface area contributed by atoms with Crippen molar-refractivity contribution in [3.63, 3.8) is 0 Å². The number of nitrogens with one attached hydrogen (secondary N) is 1. The molecule has 0 aliphatic carbocycles. The zero-order valence-corrected chi connectivity index (χ0v) is 12.0. The third-order valence-corrected chi connectivity index (χ3v) is 3.93. The van der Waals surface area contributed by atoms with Gasteiger partial charge in [0.15, 0.2) is 0 Å². The number of rotatable bonds is 5. The molecule has 108 valence electrons. The Morgan fingerprint density at radius 2 is 2.30 bits per heavy atom. The maximum Gasteiger partial charge on any atom is 0.145 e. The highest BCUT2D eigenvalue weighted by atomic mass is 19.1. The molecule has 1 aromatic carbocycles. The largest absolute Gasteiger partial charge is 0.313 e. The van der Waals surface area contributed by atoms with Crippen molar-refractivity contribution in [3.8, 4) is 6.07 Å². The monoisotopic (exact) mass is 275 g/mol. The van der Waals surface area contributed by atoms with Crippen LogP contribution in [-0.4, -0.2) is 30.6 Å². The summed E-state index contributed by atoms with van der Waals surface area (Å²) in [4.78, 5) is 2.24. The summed E-state index contributed by atoms with van der Waals surface area (Å²) in [5.41, 5.74) is 0.746. The molecule has 1 aliphatic heterocycles. The molecule has 1 saturated heterocycles. The van der Waals surface area contributed by atoms with Gasteiger partial charge in [0.25, 0.3) is 0 Å². The SMILES string of the molecule is CCN(Cc1cccc(C#N)c1F)CC1CCCCN1. The van der Waals surface area contributed by atoms with E-state index >= 15 is 0 Å². The van der Waals surface area contributed by atoms with Crippen LogP contribution in [0.4, 0.5) is 4.39 Å². The van der Waals surface area contributed by atoms with E-state index in [1.54, 1.807) is 12.1 Å². The third-order valence-electron chi connectivity index (χ3n) is 3.93. The second-order valence-corrected chi connectivity index (χ2v) is 5.37. The lowest BCUT2D eigenvalue weighted by Crippen LogP contribution is -2.43. The first kappa shape index (κ1) is 15.0. The second-order valence-electron chi connectivity index (χ2n) is 5.37. The Bertz CT molecular complexity index is 475. The fourth-order valence-corrected chi connectivity index (χ4v) is 2.73. The lowest BCUT2D eigenvalue weighted by atomic mass is 10.0. The van der Waals surface area contributed by atoms with Crippen LogP contribution in [0, 0.1) is 17.1 Å². The average molecular weight is 275 g/mol. The Balaban J connectivity index is 2.01. The first-order valence-electron chi connectivity index (χ1n) is 7.37. The molecule has 0 bridgehead atoms. The van der Waals surface area contributed by atoms with E-state index in [-0.39, 0.29) is 11.4 Å². The van der Waals surface area contributed by atoms with Gasteiger partial charge in [-0.25, -0.2) is 4.39 Å². The first-order chi connectivity index (χ1) is 9.74. The van der Waals surface area contributed by atoms with Gasteiger partial charge in [-0.3, -0.25) is 4.90 Å². The summed E-state index contributed by atoms with van der Waals surface area (Å²) in [7, 11) is 0. The van der Waals surface area contributed by atoms with Gasteiger partial charge >= 0.3 is 0 Å². The van der Waals surface area contributed by atoms with E-state index in [9.17, 15) is 4.39 Å². The normalized spacial score (nSPS) is 19.0. The first-order valence-corrected chi connectivity index (χ1v) is 7.37. The Morgan fingerprint density at radius 3 is 2.95 bits per heavy atom. The van der Waals surface area contributed by atoms with Crippen molar-refractivity contribution < 1.29 is 4.39 Å². The molecule has 0 saturated carbocycles. The molecular formula is C16H22FN3. The summed E-state index contributed by atoms with van der Waals surface area (Å²) in [6, 6.07) is 7.46. The molecule has 1 unspecified atom stereocenters. The molecule has 20 heavy (non-hydrogen) atoms. The van der Waals surface area contributed by atoms with Crippen LogP contribution in [0.15, 0.2) is 18.2 Å². The maximum atomic E-state index is 14.1. The van der Waals surface area contributed by atoms with Crippen molar-refractivity contribution in [2.24, 2.45) is 0 Å². The lowest BCUT2D eigenvalue weighted by molar-refractivity contribution is 0.224. The van der Waals surface area contributed by atoms with Crippen molar-refractivity contribution in [1.29, 1.82) is 5.26 Å². The van der Waals surface area contributed by atoms with Crippen LogP contribution in [-0.2, 0) is 6.54 Å². The van der Waals surface area contributed by atoms with Crippen molar-refractivity contribution in [2.75, 3.05) is 19.6 Å². The maximum absolute atomic E-state index is 14.1. The minimum Gasteiger partial charge on any atom is -0.313 e. The summed E-state index contributed by atoms with van der Waals surface area (Å²) in [6.45, 7) is 5.56. The van der Waals surface area contributed by atoms with Crippen LogP contribution in [0.25, 0.3) is 0 Å². The van der Waals surface area contributed by atoms with Crippen molar-refractivity contribution in [2.45, 2.75) is 38.8 Å². The average Bonchev–Trinajstić information content (AvgIpc) is 2.49. The van der Waals surface area contributed by atoms with Gasteiger partial charge in [-0.1, -0.05) is 25.5 Å². The molecular weight excluding hydrogens is 253 g/mol. The topological polar surface area (TPSA) is 39.1 Å². The van der Waals surface area contributed by atoms with Gasteiger partial charge in [-0.15, -0.1) is 0 Å². The van der Waals surface area contributed by atoms with E-state index in [0.29, 0.717) is 18.2 Å². The zero-order valence-electron chi connectivity index (χ0n) is 12.0. The molecule has 1 aliphatic rings. The number of likely N-dealkylation sites (N-methyl/N-ethyl adjacent to an activating group) is 1. The minimum absolute atomic E-state index is 0.134. The number of nitriles is 1. The number of nitrogens with zero attached hydrogens (tertiary/aromatic N) is 2. The van der Waals surface area contributed by atoms with Crippen molar-refractivity contribution >= 4 is 0 Å². The van der Waals surface area contributed by atoms with E-state index in [0.717, 1.165) is 19.6 Å². The molecule has 1 atom stereocenters. The van der Waals surface area contributed by atoms with E-state index in [4.69, 9.17) is 5.26 Å². The van der Waals surface area contributed by atoms with Gasteiger partial charge in [0, 0.05) is 24.7 Å². The molecule has 2 rings (SSSR count). The Labute approximate surface area is 120 Å². The summed E-state index contributed by atoms with van der Waals surface area (Å²) in [5, 5.41) is 12.4. The molecule has 1 N–H and O–H groups in total. The fourth-order valence-electron chi connectivity index (χ4n) is 2.73. The Hall–Kier alpha value is -1.44. The lowest BCUT2D eigenvalue weighted by Gasteiger charge is -2.30. The van der Waals surface area contributed by atoms with Crippen LogP contribution >= 0.6 is 0 Å². The van der Waals surface area contributed by atoms with Gasteiger partial charge in [0.2, 0.25) is 0 Å². The van der Waals surface area contributed by atoms with Crippen LogP contribution in [0.1, 0.15) is 37.3 Å². The van der Waals surface area contributed by atoms with Gasteiger partial charge in [-0.05, 0) is 32.0 Å². The predicted octanol–water partition coefficient (Wildman–Crippen LogP) is 2.66. The Morgan fingerprint density at radius 1 is 1.45 bits per heavy atom. The van der Waals surface area contributed by atoms with Crippen LogP contribution < -0.4 is 5.32 Å². The number of piperidine rings is 1. The zero-order chi connectivity index (χ0) is 14.4. The fraction of sp³-hybridized carbons (Fsp3) is 0.562. The molecule has 3 nitrogen and oxygen atoms in total. The van der Waals surface area contributed by atoms with Gasteiger partial charge in [0.05, 0.1) is 5.56 Å². The van der Waals surface area contributed by atoms with Crippen LogP contribution in [0.2, 0.25) is 0 Å². The van der Waals surface area contributed by atoms with Crippen LogP contribution in [0.3, 0.4) is 0 Å². The third kappa shape index (κ3) is 3.78. The van der Waals surface area contributed by atoms with Gasteiger partial charge < -0.3 is 5.32 Å². The molecule has 1 fully saturated rings. The molecule has 0 amide bonds. The number of halogens is 1. The number of hydrogen-bond acceptors (Lipinski definition) is 3. The second kappa shape index (κ2) is 7.37. The Kier molecular flexibility index (Phi) is 5.51. The van der Waals surface area contributed by atoms with E-state index < -0.39 is 0 Å². The minimum atomic E-state index is -0.370. The summed E-state index contributed by atoms with van der Waals surface area (Å²) < 4.78 is 14.1. The highest BCUT2D eigenvalue weighted by Crippen LogP contribution is 2.16. The van der Waals surface area contributed by atoms with Crippen LogP contribution in [0.5, 0.6) is 0 Å². The standard InChI is InChI=1S/C16H22FN3/c1-2-20(12-15-8-3-4-9-19-15)11-14-7-5-6-13(10-18)16(14)17/h5-7,15,19H,2-4,8-9,11-12H2,1H3. The summed E-state index contributed by atoms with van der Waals surface area (Å²) in [5.74, 6) is -0.370. The number of benzene rings is 1. The molecule has 0 aromatic heterocycles. The van der Waals surface area contributed by atoms with E-state index in [2.05, 4.69) is 17.1 Å². The molecule has 0 spiro atoms. The molecule has 0 radical (unpaired) electrons. The molecule has 1 heterocycles. The highest BCUT2D eigenvalue weighted by molar-refractivity contribution is 5.34. The van der Waals surface area contributed by atoms with Gasteiger partial charge in [0.1, 0.15) is 11.9 Å². The molecule has 4 heteroatoms. The molecule has 1 aromatic rings. The van der Waals surface area contributed by atoms with Gasteiger partial charge in [-0.2, -0.15) is 5.26 Å². The van der Waals surface area contributed by atoms with Crippen molar-refractivity contribution in [3.05, 3.63) is 35.1 Å². The van der Waals surface area contributed by atoms with E-state index in [1.807, 2.05) is 6.07 Å². The summed E-state index contributed by atoms with van der Waals surface area (Å²) >= 11 is 0. The smallest absolute Gasteiger partial charge is 0.145 e. The number of hydrogen-bond donors (Lipinski definition) is 1. The predicted molar refractivity (Wildman–Crippen MR) is 77.7 cm³/mol. The van der Waals surface area contributed by atoms with Crippen molar-refractivity contribution in [1.82, 2.24) is 10.2 Å². The highest BCUT2D eigenvalue weighted by Gasteiger charge is 2.17.